The molecule has 1 heterocycles. The molecule has 0 radical (unpaired) electrons. The van der Waals surface area contributed by atoms with Crippen molar-refractivity contribution in [3.05, 3.63) is 0 Å². The van der Waals surface area contributed by atoms with E-state index in [1.54, 1.807) is 0 Å². The van der Waals surface area contributed by atoms with E-state index < -0.39 is 35.9 Å². The second kappa shape index (κ2) is 3.54. The first-order valence-corrected chi connectivity index (χ1v) is 4.19. The summed E-state index contributed by atoms with van der Waals surface area (Å²) in [5, 5.41) is 43.1. The Hall–Kier alpha value is 0.01000. The van der Waals surface area contributed by atoms with Gasteiger partial charge in [0, 0.05) is 0 Å². The van der Waals surface area contributed by atoms with Gasteiger partial charge in [-0.2, -0.15) is 0 Å². The Balaban J connectivity index is 2.95. The molecule has 1 aliphatic rings. The molecular weight excluding hydrogens is 218 g/mol. The molecule has 0 spiro atoms. The summed E-state index contributed by atoms with van der Waals surface area (Å²) in [6.07, 6.45) is -4.91. The molecule has 8 heteroatoms. The summed E-state index contributed by atoms with van der Waals surface area (Å²) >= 11 is 5.30. The van der Waals surface area contributed by atoms with Crippen LogP contribution in [0.5, 0.6) is 0 Å². The van der Waals surface area contributed by atoms with Crippen molar-refractivity contribution in [2.75, 3.05) is 6.61 Å². The summed E-state index contributed by atoms with van der Waals surface area (Å²) in [6, 6.07) is 0. The molecule has 84 valence electrons. The lowest BCUT2D eigenvalue weighted by molar-refractivity contribution is -0.361. The Kier molecular flexibility index (Phi) is 3.06. The molecule has 5 atom stereocenters. The average molecular weight is 230 g/mol. The normalized spacial score (nSPS) is 54.6. The van der Waals surface area contributed by atoms with Crippen molar-refractivity contribution in [2.24, 2.45) is 5.73 Å². The summed E-state index contributed by atoms with van der Waals surface area (Å²) in [7, 11) is 0. The Morgan fingerprint density at radius 1 is 1.36 bits per heavy atom. The standard InChI is InChI=1S/C6H12ClNO6/c7-5(12)4(11)3(10)2(1-9)14-6(5,8)13/h2-4,9-13H,1,8H2/t2-,3-,4+,5+,6?/m1/s1. The van der Waals surface area contributed by atoms with Gasteiger partial charge in [-0.25, -0.2) is 0 Å². The fraction of sp³-hybridized carbons (Fsp3) is 1.00. The fourth-order valence-corrected chi connectivity index (χ4v) is 1.34. The lowest BCUT2D eigenvalue weighted by Crippen LogP contribution is -2.74. The van der Waals surface area contributed by atoms with Gasteiger partial charge in [0.1, 0.15) is 18.3 Å². The molecule has 0 saturated carbocycles. The molecule has 0 aliphatic carbocycles. The first-order chi connectivity index (χ1) is 6.24. The largest absolute Gasteiger partial charge is 0.394 e. The van der Waals surface area contributed by atoms with Gasteiger partial charge in [0.2, 0.25) is 5.06 Å². The smallest absolute Gasteiger partial charge is 0.270 e. The Bertz CT molecular complexity index is 222. The van der Waals surface area contributed by atoms with Gasteiger partial charge in [0.25, 0.3) is 5.91 Å². The van der Waals surface area contributed by atoms with Gasteiger partial charge in [0.15, 0.2) is 0 Å². The average Bonchev–Trinajstić information content (AvgIpc) is 2.09. The molecule has 0 bridgehead atoms. The molecule has 7 nitrogen and oxygen atoms in total. The highest BCUT2D eigenvalue weighted by molar-refractivity contribution is 6.23. The molecule has 1 fully saturated rings. The van der Waals surface area contributed by atoms with Crippen LogP contribution in [0.3, 0.4) is 0 Å². The number of rotatable bonds is 1. The fourth-order valence-electron chi connectivity index (χ4n) is 1.17. The number of aliphatic hydroxyl groups is 5. The lowest BCUT2D eigenvalue weighted by Gasteiger charge is -2.47. The number of halogens is 1. The van der Waals surface area contributed by atoms with Crippen molar-refractivity contribution in [2.45, 2.75) is 29.3 Å². The maximum Gasteiger partial charge on any atom is 0.270 e. The number of alkyl halides is 1. The van der Waals surface area contributed by atoms with Crippen LogP contribution in [-0.4, -0.2) is 61.4 Å². The zero-order valence-corrected chi connectivity index (χ0v) is 7.79. The number of hydrogen-bond donors (Lipinski definition) is 6. The SMILES string of the molecule is NC1(O)O[C@H](CO)[C@@H](O)[C@H](O)[C@@]1(O)Cl. The predicted octanol–water partition coefficient (Wildman–Crippen LogP) is -3.37. The van der Waals surface area contributed by atoms with Crippen molar-refractivity contribution in [3.8, 4) is 0 Å². The van der Waals surface area contributed by atoms with Crippen molar-refractivity contribution in [1.82, 2.24) is 0 Å². The van der Waals surface area contributed by atoms with E-state index in [0.717, 1.165) is 0 Å². The van der Waals surface area contributed by atoms with E-state index in [9.17, 15) is 20.4 Å². The second-order valence-electron chi connectivity index (χ2n) is 3.14. The van der Waals surface area contributed by atoms with Gasteiger partial charge in [-0.3, -0.25) is 5.73 Å². The van der Waals surface area contributed by atoms with Crippen LogP contribution < -0.4 is 5.73 Å². The molecule has 1 unspecified atom stereocenters. The van der Waals surface area contributed by atoms with Crippen molar-refractivity contribution >= 4 is 11.6 Å². The van der Waals surface area contributed by atoms with Crippen LogP contribution in [0.1, 0.15) is 0 Å². The quantitative estimate of drug-likeness (QED) is 0.204. The highest BCUT2D eigenvalue weighted by Gasteiger charge is 2.61. The lowest BCUT2D eigenvalue weighted by atomic mass is 9.96. The van der Waals surface area contributed by atoms with Crippen LogP contribution in [0, 0.1) is 0 Å². The third-order valence-corrected chi connectivity index (χ3v) is 2.60. The second-order valence-corrected chi connectivity index (χ2v) is 3.72. The summed E-state index contributed by atoms with van der Waals surface area (Å²) in [5.74, 6) is -2.75. The zero-order valence-electron chi connectivity index (χ0n) is 7.04. The molecule has 14 heavy (non-hydrogen) atoms. The van der Waals surface area contributed by atoms with Crippen LogP contribution in [0.25, 0.3) is 0 Å². The predicted molar refractivity (Wildman–Crippen MR) is 43.9 cm³/mol. The van der Waals surface area contributed by atoms with Gasteiger partial charge < -0.3 is 30.3 Å². The van der Waals surface area contributed by atoms with Gasteiger partial charge in [0.05, 0.1) is 6.61 Å². The first kappa shape index (κ1) is 12.1. The van der Waals surface area contributed by atoms with Crippen LogP contribution in [0.4, 0.5) is 0 Å². The summed E-state index contributed by atoms with van der Waals surface area (Å²) in [4.78, 5) is 0. The van der Waals surface area contributed by atoms with Gasteiger partial charge in [-0.1, -0.05) is 11.6 Å². The molecule has 0 amide bonds. The van der Waals surface area contributed by atoms with Gasteiger partial charge in [-0.15, -0.1) is 0 Å². The maximum atomic E-state index is 9.33. The minimum atomic E-state index is -2.75. The zero-order chi connectivity index (χ0) is 11.1. The van der Waals surface area contributed by atoms with Crippen LogP contribution in [0.2, 0.25) is 0 Å². The van der Waals surface area contributed by atoms with E-state index in [-0.39, 0.29) is 0 Å². The van der Waals surface area contributed by atoms with E-state index in [1.807, 2.05) is 0 Å². The van der Waals surface area contributed by atoms with Gasteiger partial charge >= 0.3 is 0 Å². The van der Waals surface area contributed by atoms with E-state index in [4.69, 9.17) is 22.4 Å². The Morgan fingerprint density at radius 3 is 2.29 bits per heavy atom. The Morgan fingerprint density at radius 2 is 1.86 bits per heavy atom. The van der Waals surface area contributed by atoms with Crippen LogP contribution in [-0.2, 0) is 4.74 Å². The van der Waals surface area contributed by atoms with Gasteiger partial charge in [-0.05, 0) is 0 Å². The van der Waals surface area contributed by atoms with E-state index >= 15 is 0 Å². The molecule has 0 aromatic carbocycles. The Labute approximate surface area is 84.3 Å². The van der Waals surface area contributed by atoms with E-state index in [0.29, 0.717) is 0 Å². The van der Waals surface area contributed by atoms with Crippen molar-refractivity contribution < 1.29 is 30.3 Å². The highest BCUT2D eigenvalue weighted by atomic mass is 35.5. The third kappa shape index (κ3) is 1.62. The number of hydrogen-bond acceptors (Lipinski definition) is 7. The summed E-state index contributed by atoms with van der Waals surface area (Å²) in [6.45, 7) is -0.690. The monoisotopic (exact) mass is 229 g/mol. The first-order valence-electron chi connectivity index (χ1n) is 3.81. The van der Waals surface area contributed by atoms with E-state index in [2.05, 4.69) is 4.74 Å². The molecule has 7 N–H and O–H groups in total. The van der Waals surface area contributed by atoms with E-state index in [1.165, 1.54) is 0 Å². The molecular formula is C6H12ClNO6. The summed E-state index contributed by atoms with van der Waals surface area (Å²) in [5.41, 5.74) is 5.04. The minimum absolute atomic E-state index is 0.690. The highest BCUT2D eigenvalue weighted by Crippen LogP contribution is 2.36. The minimum Gasteiger partial charge on any atom is -0.394 e. The van der Waals surface area contributed by atoms with Crippen LogP contribution >= 0.6 is 11.6 Å². The molecule has 1 rings (SSSR count). The molecule has 1 aliphatic heterocycles. The van der Waals surface area contributed by atoms with Crippen molar-refractivity contribution in [3.63, 3.8) is 0 Å². The van der Waals surface area contributed by atoms with Crippen LogP contribution in [0.15, 0.2) is 0 Å². The molecule has 1 saturated heterocycles. The third-order valence-electron chi connectivity index (χ3n) is 2.11. The molecule has 0 aromatic rings. The number of aliphatic hydroxyl groups excluding tert-OH is 3. The number of ether oxygens (including phenoxy) is 1. The number of nitrogens with two attached hydrogens (primary N) is 1. The maximum absolute atomic E-state index is 9.33. The molecule has 0 aromatic heterocycles. The topological polar surface area (TPSA) is 136 Å². The van der Waals surface area contributed by atoms with Crippen molar-refractivity contribution in [1.29, 1.82) is 0 Å². The summed E-state index contributed by atoms with van der Waals surface area (Å²) < 4.78 is 4.51.